The fourth-order valence-corrected chi connectivity index (χ4v) is 0.871. The summed E-state index contributed by atoms with van der Waals surface area (Å²) in [5.74, 6) is -1.72. The number of nitrogens with zero attached hydrogens (tertiary/aromatic N) is 2. The number of carbonyl (C=O) groups is 2. The van der Waals surface area contributed by atoms with Crippen LogP contribution in [0, 0.1) is 0 Å². The van der Waals surface area contributed by atoms with Crippen molar-refractivity contribution < 1.29 is 24.2 Å². The fourth-order valence-electron chi connectivity index (χ4n) is 0.871. The minimum atomic E-state index is -1.19. The van der Waals surface area contributed by atoms with E-state index in [9.17, 15) is 9.59 Å². The van der Waals surface area contributed by atoms with Gasteiger partial charge in [-0.05, 0) is 6.92 Å². The summed E-state index contributed by atoms with van der Waals surface area (Å²) in [6.07, 6.45) is 1.05. The summed E-state index contributed by atoms with van der Waals surface area (Å²) in [4.78, 5) is 28.6. The van der Waals surface area contributed by atoms with Crippen LogP contribution in [0.25, 0.3) is 0 Å². The smallest absolute Gasteiger partial charge is 0.354 e. The summed E-state index contributed by atoms with van der Waals surface area (Å²) in [5, 5.41) is 8.63. The normalized spacial score (nSPS) is 9.00. The van der Waals surface area contributed by atoms with E-state index in [1.807, 2.05) is 0 Å². The van der Waals surface area contributed by atoms with Gasteiger partial charge in [0.25, 0.3) is 0 Å². The minimum absolute atomic E-state index is 0. The molecule has 0 saturated carbocycles. The molecule has 0 saturated heterocycles. The van der Waals surface area contributed by atoms with Gasteiger partial charge in [-0.2, -0.15) is 0 Å². The Hall–Kier alpha value is -1.89. The van der Waals surface area contributed by atoms with Crippen molar-refractivity contribution in [1.82, 2.24) is 9.97 Å². The van der Waals surface area contributed by atoms with Crippen LogP contribution in [0.5, 0.6) is 5.88 Å². The lowest BCUT2D eigenvalue weighted by molar-refractivity contribution is -0.145. The van der Waals surface area contributed by atoms with Gasteiger partial charge in [-0.3, -0.25) is 0 Å². The molecule has 94 valence electrons. The van der Waals surface area contributed by atoms with Crippen molar-refractivity contribution in [3.05, 3.63) is 18.1 Å². The molecule has 1 aromatic heterocycles. The van der Waals surface area contributed by atoms with E-state index in [1.54, 1.807) is 6.92 Å². The summed E-state index contributed by atoms with van der Waals surface area (Å²) < 4.78 is 9.54. The minimum Gasteiger partial charge on any atom is -0.477 e. The van der Waals surface area contributed by atoms with Crippen LogP contribution in [0.1, 0.15) is 17.4 Å². The zero-order valence-corrected chi connectivity index (χ0v) is 9.77. The third-order valence-corrected chi connectivity index (χ3v) is 1.50. The quantitative estimate of drug-likeness (QED) is 0.773. The Labute approximate surface area is 103 Å². The maximum absolute atomic E-state index is 10.9. The molecule has 0 aliphatic rings. The first-order valence-corrected chi connectivity index (χ1v) is 4.47. The molecule has 0 atom stereocenters. The second-order valence-electron chi connectivity index (χ2n) is 2.64. The highest BCUT2D eigenvalue weighted by molar-refractivity contribution is 5.85. The molecule has 7 nitrogen and oxygen atoms in total. The van der Waals surface area contributed by atoms with Crippen LogP contribution < -0.4 is 4.74 Å². The molecule has 1 N–H and O–H groups in total. The molecule has 8 heteroatoms. The first kappa shape index (κ1) is 15.1. The molecule has 1 rings (SSSR count). The lowest BCUT2D eigenvalue weighted by Crippen LogP contribution is -2.15. The van der Waals surface area contributed by atoms with Gasteiger partial charge in [0, 0.05) is 6.07 Å². The second-order valence-corrected chi connectivity index (χ2v) is 2.64. The Morgan fingerprint density at radius 2 is 2.12 bits per heavy atom. The Morgan fingerprint density at radius 3 is 2.71 bits per heavy atom. The number of hydrogen-bond donors (Lipinski definition) is 1. The SMILES string of the molecule is CCOC(=O)COc1cc(C(=O)O)ncn1.Cl. The maximum Gasteiger partial charge on any atom is 0.354 e. The molecule has 1 aromatic rings. The monoisotopic (exact) mass is 262 g/mol. The third-order valence-electron chi connectivity index (χ3n) is 1.50. The molecule has 0 unspecified atom stereocenters. The summed E-state index contributed by atoms with van der Waals surface area (Å²) in [6, 6.07) is 1.13. The number of carboxylic acid groups (broad SMARTS) is 1. The van der Waals surface area contributed by atoms with Crippen molar-refractivity contribution >= 4 is 24.3 Å². The summed E-state index contributed by atoms with van der Waals surface area (Å²) in [6.45, 7) is 1.61. The third kappa shape index (κ3) is 5.12. The second kappa shape index (κ2) is 7.39. The van der Waals surface area contributed by atoms with Crippen LogP contribution in [-0.2, 0) is 9.53 Å². The van der Waals surface area contributed by atoms with Gasteiger partial charge in [-0.25, -0.2) is 19.6 Å². The highest BCUT2D eigenvalue weighted by atomic mass is 35.5. The Bertz CT molecular complexity index is 399. The Kier molecular flexibility index (Phi) is 6.57. The van der Waals surface area contributed by atoms with Gasteiger partial charge in [-0.1, -0.05) is 0 Å². The summed E-state index contributed by atoms with van der Waals surface area (Å²) in [7, 11) is 0. The average molecular weight is 263 g/mol. The van der Waals surface area contributed by atoms with Gasteiger partial charge >= 0.3 is 11.9 Å². The largest absolute Gasteiger partial charge is 0.477 e. The van der Waals surface area contributed by atoms with E-state index in [4.69, 9.17) is 9.84 Å². The van der Waals surface area contributed by atoms with Crippen molar-refractivity contribution in [3.8, 4) is 5.88 Å². The summed E-state index contributed by atoms with van der Waals surface area (Å²) in [5.41, 5.74) is -0.200. The zero-order valence-electron chi connectivity index (χ0n) is 8.95. The molecule has 0 aliphatic carbocycles. The van der Waals surface area contributed by atoms with E-state index in [1.165, 1.54) is 0 Å². The highest BCUT2D eigenvalue weighted by Gasteiger charge is 2.08. The van der Waals surface area contributed by atoms with Crippen molar-refractivity contribution in [2.45, 2.75) is 6.92 Å². The lowest BCUT2D eigenvalue weighted by atomic mass is 10.4. The number of carboxylic acids is 1. The summed E-state index contributed by atoms with van der Waals surface area (Å²) >= 11 is 0. The van der Waals surface area contributed by atoms with Crippen LogP contribution in [-0.4, -0.2) is 40.2 Å². The first-order chi connectivity index (χ1) is 7.63. The van der Waals surface area contributed by atoms with E-state index in [-0.39, 0.29) is 37.2 Å². The molecule has 0 fully saturated rings. The number of esters is 1. The van der Waals surface area contributed by atoms with E-state index in [0.717, 1.165) is 12.4 Å². The zero-order chi connectivity index (χ0) is 12.0. The fraction of sp³-hybridized carbons (Fsp3) is 0.333. The molecule has 0 spiro atoms. The molecule has 0 aromatic carbocycles. The van der Waals surface area contributed by atoms with Gasteiger partial charge in [0.1, 0.15) is 6.33 Å². The first-order valence-electron chi connectivity index (χ1n) is 4.47. The predicted octanol–water partition coefficient (Wildman–Crippen LogP) is 0.538. The molecule has 0 radical (unpaired) electrons. The van der Waals surface area contributed by atoms with E-state index < -0.39 is 11.9 Å². The number of aromatic nitrogens is 2. The van der Waals surface area contributed by atoms with Crippen LogP contribution in [0.4, 0.5) is 0 Å². The number of ether oxygens (including phenoxy) is 2. The number of aromatic carboxylic acids is 1. The molecular formula is C9H11ClN2O5. The number of rotatable bonds is 5. The van der Waals surface area contributed by atoms with Crippen LogP contribution >= 0.6 is 12.4 Å². The lowest BCUT2D eigenvalue weighted by Gasteiger charge is -2.04. The maximum atomic E-state index is 10.9. The van der Waals surface area contributed by atoms with Crippen molar-refractivity contribution in [1.29, 1.82) is 0 Å². The number of hydrogen-bond acceptors (Lipinski definition) is 6. The van der Waals surface area contributed by atoms with Crippen LogP contribution in [0.3, 0.4) is 0 Å². The molecule has 0 aliphatic heterocycles. The Morgan fingerprint density at radius 1 is 1.41 bits per heavy atom. The molecule has 0 bridgehead atoms. The van der Waals surface area contributed by atoms with Gasteiger partial charge < -0.3 is 14.6 Å². The molecule has 17 heavy (non-hydrogen) atoms. The van der Waals surface area contributed by atoms with Crippen LogP contribution in [0.15, 0.2) is 12.4 Å². The average Bonchev–Trinajstić information content (AvgIpc) is 2.27. The Balaban J connectivity index is 0.00000256. The predicted molar refractivity (Wildman–Crippen MR) is 58.4 cm³/mol. The van der Waals surface area contributed by atoms with Gasteiger partial charge in [0.2, 0.25) is 5.88 Å². The number of carbonyl (C=O) groups excluding carboxylic acids is 1. The van der Waals surface area contributed by atoms with Gasteiger partial charge in [0.05, 0.1) is 6.61 Å². The van der Waals surface area contributed by atoms with E-state index in [0.29, 0.717) is 0 Å². The standard InChI is InChI=1S/C9H10N2O5.ClH/c1-2-15-8(12)4-16-7-3-6(9(13)14)10-5-11-7;/h3,5H,2,4H2,1H3,(H,13,14);1H. The molecular weight excluding hydrogens is 252 g/mol. The van der Waals surface area contributed by atoms with Crippen LogP contribution in [0.2, 0.25) is 0 Å². The van der Waals surface area contributed by atoms with E-state index >= 15 is 0 Å². The molecule has 1 heterocycles. The van der Waals surface area contributed by atoms with Crippen molar-refractivity contribution in [2.75, 3.05) is 13.2 Å². The van der Waals surface area contributed by atoms with E-state index in [2.05, 4.69) is 14.7 Å². The van der Waals surface area contributed by atoms with Crippen molar-refractivity contribution in [2.24, 2.45) is 0 Å². The topological polar surface area (TPSA) is 98.6 Å². The van der Waals surface area contributed by atoms with Gasteiger partial charge in [-0.15, -0.1) is 12.4 Å². The van der Waals surface area contributed by atoms with Gasteiger partial charge in [0.15, 0.2) is 12.3 Å². The highest BCUT2D eigenvalue weighted by Crippen LogP contribution is 2.06. The molecule has 0 amide bonds. The number of halogens is 1. The van der Waals surface area contributed by atoms with Crippen molar-refractivity contribution in [3.63, 3.8) is 0 Å².